The molecule has 0 saturated heterocycles. The average Bonchev–Trinajstić information content (AvgIpc) is 2.83. The maximum absolute atomic E-state index is 9.68. The Kier molecular flexibility index (Phi) is 6.39. The summed E-state index contributed by atoms with van der Waals surface area (Å²) in [5.41, 5.74) is 1.72. The maximum atomic E-state index is 9.68. The van der Waals surface area contributed by atoms with Crippen LogP contribution in [0.25, 0.3) is 16.3 Å². The third kappa shape index (κ3) is 4.49. The van der Waals surface area contributed by atoms with Crippen molar-refractivity contribution in [3.8, 4) is 12.1 Å². The Morgan fingerprint density at radius 3 is 2.10 bits per heavy atom. The lowest BCUT2D eigenvalue weighted by Crippen LogP contribution is -2.12. The van der Waals surface area contributed by atoms with Gasteiger partial charge in [-0.05, 0) is 47.3 Å². The van der Waals surface area contributed by atoms with Crippen LogP contribution in [0.1, 0.15) is 5.56 Å². The highest BCUT2D eigenvalue weighted by Gasteiger charge is 2.30. The number of fused-ring (bicyclic) bond motifs is 1. The van der Waals surface area contributed by atoms with Crippen molar-refractivity contribution >= 4 is 38.8 Å². The first-order valence-electron chi connectivity index (χ1n) is 9.74. The Labute approximate surface area is 190 Å². The van der Waals surface area contributed by atoms with Gasteiger partial charge in [0, 0.05) is 16.0 Å². The Morgan fingerprint density at radius 1 is 0.742 bits per heavy atom. The van der Waals surface area contributed by atoms with Crippen LogP contribution in [0.15, 0.2) is 112 Å². The first-order valence-corrected chi connectivity index (χ1v) is 11.5. The molecule has 4 rings (SSSR count). The van der Waals surface area contributed by atoms with Crippen LogP contribution in [-0.4, -0.2) is 5.75 Å². The topological polar surface area (TPSA) is 47.6 Å². The summed E-state index contributed by atoms with van der Waals surface area (Å²) < 4.78 is 0. The molecule has 2 nitrogen and oxygen atoms in total. The minimum atomic E-state index is -0.379. The van der Waals surface area contributed by atoms with Gasteiger partial charge >= 0.3 is 0 Å². The van der Waals surface area contributed by atoms with E-state index in [9.17, 15) is 10.5 Å². The van der Waals surface area contributed by atoms with E-state index >= 15 is 0 Å². The van der Waals surface area contributed by atoms with E-state index in [0.29, 0.717) is 10.8 Å². The van der Waals surface area contributed by atoms with Crippen molar-refractivity contribution in [3.05, 3.63) is 113 Å². The summed E-state index contributed by atoms with van der Waals surface area (Å²) in [6, 6.07) is 36.5. The average molecular weight is 438 g/mol. The molecule has 0 aliphatic carbocycles. The predicted molar refractivity (Wildman–Crippen MR) is 129 cm³/mol. The summed E-state index contributed by atoms with van der Waals surface area (Å²) in [6.45, 7) is 0. The second kappa shape index (κ2) is 9.54. The molecule has 0 aliphatic rings. The molecule has 4 aromatic carbocycles. The molecule has 4 aromatic rings. The summed E-state index contributed by atoms with van der Waals surface area (Å²) in [5.74, 6) is 0.552. The smallest absolute Gasteiger partial charge is 0.168 e. The fourth-order valence-electron chi connectivity index (χ4n) is 3.54. The lowest BCUT2D eigenvalue weighted by atomic mass is 10.0. The Morgan fingerprint density at radius 2 is 1.39 bits per heavy atom. The molecule has 0 aromatic heterocycles. The maximum Gasteiger partial charge on any atom is 0.168 e. The molecule has 0 heterocycles. The van der Waals surface area contributed by atoms with Gasteiger partial charge in [-0.1, -0.05) is 72.3 Å². The van der Waals surface area contributed by atoms with Crippen LogP contribution in [0.2, 0.25) is 5.02 Å². The minimum absolute atomic E-state index is 0.135. The number of nitrogens with zero attached hydrogens (tertiary/aromatic N) is 2. The van der Waals surface area contributed by atoms with Gasteiger partial charge in [-0.15, -0.1) is 0 Å². The molecule has 0 radical (unpaired) electrons. The van der Waals surface area contributed by atoms with Crippen LogP contribution in [0.4, 0.5) is 0 Å². The summed E-state index contributed by atoms with van der Waals surface area (Å²) in [7, 11) is -0.379. The van der Waals surface area contributed by atoms with Crippen molar-refractivity contribution in [2.75, 3.05) is 5.75 Å². The van der Waals surface area contributed by atoms with Crippen LogP contribution < -0.4 is 0 Å². The lowest BCUT2D eigenvalue weighted by molar-refractivity contribution is 1.38. The number of rotatable bonds is 5. The van der Waals surface area contributed by atoms with Gasteiger partial charge in [0.1, 0.15) is 23.5 Å². The zero-order chi connectivity index (χ0) is 21.6. The highest BCUT2D eigenvalue weighted by Crippen LogP contribution is 2.34. The Bertz CT molecular complexity index is 1310. The molecule has 0 amide bonds. The van der Waals surface area contributed by atoms with Crippen molar-refractivity contribution in [1.29, 1.82) is 10.5 Å². The first-order chi connectivity index (χ1) is 15.2. The van der Waals surface area contributed by atoms with Gasteiger partial charge in [-0.3, -0.25) is 0 Å². The fraction of sp³-hybridized carbons (Fsp3) is 0.0370. The van der Waals surface area contributed by atoms with E-state index in [0.717, 1.165) is 11.1 Å². The van der Waals surface area contributed by atoms with E-state index in [4.69, 9.17) is 11.6 Å². The van der Waals surface area contributed by atoms with Gasteiger partial charge in [0.05, 0.1) is 10.9 Å². The predicted octanol–water partition coefficient (Wildman–Crippen LogP) is 7.03. The Hall–Kier alpha value is -3.50. The van der Waals surface area contributed by atoms with E-state index < -0.39 is 0 Å². The van der Waals surface area contributed by atoms with Gasteiger partial charge in [0.15, 0.2) is 9.79 Å². The third-order valence-corrected chi connectivity index (χ3v) is 7.61. The van der Waals surface area contributed by atoms with Crippen LogP contribution >= 0.6 is 11.6 Å². The van der Waals surface area contributed by atoms with E-state index in [-0.39, 0.29) is 16.5 Å². The zero-order valence-corrected chi connectivity index (χ0v) is 18.2. The molecule has 31 heavy (non-hydrogen) atoms. The van der Waals surface area contributed by atoms with E-state index in [2.05, 4.69) is 54.6 Å². The zero-order valence-electron chi connectivity index (χ0n) is 16.6. The highest BCUT2D eigenvalue weighted by atomic mass is 35.5. The summed E-state index contributed by atoms with van der Waals surface area (Å²) in [6.07, 6.45) is 0. The number of hydrogen-bond donors (Lipinski definition) is 0. The summed E-state index contributed by atoms with van der Waals surface area (Å²) >= 11 is 6.08. The van der Waals surface area contributed by atoms with Crippen molar-refractivity contribution < 1.29 is 0 Å². The minimum Gasteiger partial charge on any atom is -0.192 e. The van der Waals surface area contributed by atoms with E-state index in [1.54, 1.807) is 12.1 Å². The van der Waals surface area contributed by atoms with E-state index in [1.165, 1.54) is 20.6 Å². The highest BCUT2D eigenvalue weighted by molar-refractivity contribution is 7.97. The first kappa shape index (κ1) is 20.8. The molecule has 0 N–H and O–H groups in total. The number of halogens is 1. The van der Waals surface area contributed by atoms with Crippen molar-refractivity contribution in [2.24, 2.45) is 0 Å². The van der Waals surface area contributed by atoms with Gasteiger partial charge in [0.2, 0.25) is 0 Å². The molecular formula is C27H18ClN2S+. The molecule has 1 atom stereocenters. The molecule has 148 valence electrons. The van der Waals surface area contributed by atoms with Crippen LogP contribution in [0.5, 0.6) is 0 Å². The van der Waals surface area contributed by atoms with Gasteiger partial charge in [0.25, 0.3) is 0 Å². The number of hydrogen-bond acceptors (Lipinski definition) is 2. The van der Waals surface area contributed by atoms with Crippen molar-refractivity contribution in [1.82, 2.24) is 0 Å². The van der Waals surface area contributed by atoms with Crippen molar-refractivity contribution in [3.63, 3.8) is 0 Å². The second-order valence-corrected chi connectivity index (χ2v) is 9.33. The molecular weight excluding hydrogens is 420 g/mol. The number of allylic oxidation sites excluding steroid dienone is 1. The van der Waals surface area contributed by atoms with Crippen molar-refractivity contribution in [2.45, 2.75) is 9.79 Å². The molecule has 1 unspecified atom stereocenters. The standard InChI is InChI=1S/C27H18ClN2S/c28-23-15-13-21(14-16-23)26(22(17-29)18-30)19-31(24-9-2-1-3-10-24)27-12-6-8-20-7-4-5-11-25(20)27/h1-16H,19H2/q+1. The number of benzene rings is 4. The molecule has 0 fully saturated rings. The fourth-order valence-corrected chi connectivity index (χ4v) is 6.02. The normalized spacial score (nSPS) is 11.3. The quantitative estimate of drug-likeness (QED) is 0.248. The molecule has 0 saturated carbocycles. The SMILES string of the molecule is N#CC(C#N)=C(C[S+](c1ccccc1)c1cccc2ccccc12)c1ccc(Cl)cc1. The van der Waals surface area contributed by atoms with E-state index in [1.807, 2.05) is 42.5 Å². The van der Waals surface area contributed by atoms with Gasteiger partial charge in [-0.2, -0.15) is 10.5 Å². The van der Waals surface area contributed by atoms with Crippen LogP contribution in [0.3, 0.4) is 0 Å². The second-order valence-electron chi connectivity index (χ2n) is 6.91. The summed E-state index contributed by atoms with van der Waals surface area (Å²) in [5, 5.41) is 22.3. The monoisotopic (exact) mass is 437 g/mol. The molecule has 4 heteroatoms. The Balaban J connectivity index is 1.92. The summed E-state index contributed by atoms with van der Waals surface area (Å²) in [4.78, 5) is 2.37. The van der Waals surface area contributed by atoms with Gasteiger partial charge in [-0.25, -0.2) is 0 Å². The van der Waals surface area contributed by atoms with Gasteiger partial charge < -0.3 is 0 Å². The lowest BCUT2D eigenvalue weighted by Gasteiger charge is -2.13. The van der Waals surface area contributed by atoms with Crippen LogP contribution in [-0.2, 0) is 10.9 Å². The van der Waals surface area contributed by atoms with Crippen LogP contribution in [0, 0.1) is 22.7 Å². The third-order valence-electron chi connectivity index (χ3n) is 5.05. The molecule has 0 aliphatic heterocycles. The molecule has 0 bridgehead atoms. The molecule has 0 spiro atoms. The largest absolute Gasteiger partial charge is 0.192 e. The number of nitriles is 2.